The van der Waals surface area contributed by atoms with Crippen LogP contribution in [0.2, 0.25) is 0 Å². The lowest BCUT2D eigenvalue weighted by Crippen LogP contribution is -2.35. The van der Waals surface area contributed by atoms with Gasteiger partial charge in [-0.1, -0.05) is 12.1 Å². The summed E-state index contributed by atoms with van der Waals surface area (Å²) in [7, 11) is 2.55. The first kappa shape index (κ1) is 19.8. The summed E-state index contributed by atoms with van der Waals surface area (Å²) >= 11 is 1.44. The van der Waals surface area contributed by atoms with Crippen molar-refractivity contribution >= 4 is 29.3 Å². The predicted molar refractivity (Wildman–Crippen MR) is 92.0 cm³/mol. The summed E-state index contributed by atoms with van der Waals surface area (Å²) in [6.07, 6.45) is -1.92. The summed E-state index contributed by atoms with van der Waals surface area (Å²) in [5, 5.41) is 5.95. The molecule has 2 aromatic rings. The van der Waals surface area contributed by atoms with E-state index in [-0.39, 0.29) is 0 Å². The van der Waals surface area contributed by atoms with Crippen LogP contribution in [0.4, 0.5) is 18.9 Å². The number of thioether (sulfide) groups is 1. The van der Waals surface area contributed by atoms with Gasteiger partial charge in [-0.05, 0) is 18.4 Å². The summed E-state index contributed by atoms with van der Waals surface area (Å²) in [4.78, 5) is 26.2. The van der Waals surface area contributed by atoms with Crippen molar-refractivity contribution in [2.45, 2.75) is 11.1 Å². The topological polar surface area (TPSA) is 67.2 Å². The van der Waals surface area contributed by atoms with E-state index in [1.54, 1.807) is 12.1 Å². The molecule has 6 nitrogen and oxygen atoms in total. The number of hydrogen-bond donors (Lipinski definition) is 1. The maximum atomic E-state index is 13.0. The zero-order valence-electron chi connectivity index (χ0n) is 14.3. The average molecular weight is 386 g/mol. The molecule has 0 aliphatic rings. The van der Waals surface area contributed by atoms with E-state index >= 15 is 0 Å². The van der Waals surface area contributed by atoms with Crippen LogP contribution in [0, 0.1) is 0 Å². The number of aromatic nitrogens is 2. The fourth-order valence-electron chi connectivity index (χ4n) is 2.28. The molecule has 140 valence electrons. The van der Waals surface area contributed by atoms with Crippen molar-refractivity contribution in [2.75, 3.05) is 25.2 Å². The molecule has 2 rings (SSSR count). The van der Waals surface area contributed by atoms with Gasteiger partial charge in [-0.15, -0.1) is 11.8 Å². The van der Waals surface area contributed by atoms with Crippen LogP contribution in [0.1, 0.15) is 16.1 Å². The van der Waals surface area contributed by atoms with Gasteiger partial charge in [0, 0.05) is 25.2 Å². The summed E-state index contributed by atoms with van der Waals surface area (Å²) in [6.45, 7) is -0.395. The highest BCUT2D eigenvalue weighted by Crippen LogP contribution is 2.31. The number of halogens is 3. The Hall–Kier alpha value is -2.49. The molecule has 0 aliphatic carbocycles. The minimum atomic E-state index is -4.76. The van der Waals surface area contributed by atoms with E-state index in [0.717, 1.165) is 20.7 Å². The Kier molecular flexibility index (Phi) is 5.96. The van der Waals surface area contributed by atoms with Crippen molar-refractivity contribution in [3.8, 4) is 0 Å². The molecule has 1 aromatic carbocycles. The van der Waals surface area contributed by atoms with Crippen LogP contribution in [0.5, 0.6) is 0 Å². The molecular weight excluding hydrogens is 369 g/mol. The highest BCUT2D eigenvalue weighted by atomic mass is 32.2. The van der Waals surface area contributed by atoms with Crippen LogP contribution in [-0.2, 0) is 18.0 Å². The lowest BCUT2D eigenvalue weighted by atomic mass is 10.2. The zero-order chi connectivity index (χ0) is 19.5. The van der Waals surface area contributed by atoms with E-state index in [2.05, 4.69) is 10.4 Å². The molecule has 10 heteroatoms. The largest absolute Gasteiger partial charge is 0.435 e. The molecule has 0 spiro atoms. The number of nitrogens with one attached hydrogen (secondary N) is 1. The third-order valence-electron chi connectivity index (χ3n) is 3.44. The fourth-order valence-corrected chi connectivity index (χ4v) is 2.84. The van der Waals surface area contributed by atoms with E-state index in [1.165, 1.54) is 25.9 Å². The molecule has 0 bridgehead atoms. The maximum Gasteiger partial charge on any atom is 0.435 e. The molecule has 26 heavy (non-hydrogen) atoms. The van der Waals surface area contributed by atoms with Crippen LogP contribution in [0.15, 0.2) is 35.4 Å². The standard InChI is InChI=1S/C16H17F3N4O2S/c1-22(9-13(24)20-11-6-4-5-7-12(11)26-3)15(25)10-8-23(2)21-14(10)16(17,18)19/h4-8H,9H2,1-3H3,(H,20,24). The first-order chi connectivity index (χ1) is 12.1. The van der Waals surface area contributed by atoms with Gasteiger partial charge in [0.2, 0.25) is 5.91 Å². The molecule has 0 aliphatic heterocycles. The van der Waals surface area contributed by atoms with E-state index in [9.17, 15) is 22.8 Å². The van der Waals surface area contributed by atoms with Crippen molar-refractivity contribution in [2.24, 2.45) is 7.05 Å². The molecular formula is C16H17F3N4O2S. The first-order valence-corrected chi connectivity index (χ1v) is 8.65. The van der Waals surface area contributed by atoms with Gasteiger partial charge in [-0.2, -0.15) is 18.3 Å². The van der Waals surface area contributed by atoms with Crippen LogP contribution >= 0.6 is 11.8 Å². The second-order valence-electron chi connectivity index (χ2n) is 5.47. The van der Waals surface area contributed by atoms with Crippen molar-refractivity contribution in [1.82, 2.24) is 14.7 Å². The molecule has 1 N–H and O–H groups in total. The summed E-state index contributed by atoms with van der Waals surface area (Å²) in [5.74, 6) is -1.45. The number of carbonyl (C=O) groups is 2. The molecule has 0 saturated carbocycles. The number of benzene rings is 1. The number of nitrogens with zero attached hydrogens (tertiary/aromatic N) is 3. The monoisotopic (exact) mass is 386 g/mol. The Labute approximate surface area is 152 Å². The van der Waals surface area contributed by atoms with Crippen LogP contribution in [0.3, 0.4) is 0 Å². The van der Waals surface area contributed by atoms with Gasteiger partial charge in [0.15, 0.2) is 5.69 Å². The van der Waals surface area contributed by atoms with Gasteiger partial charge in [-0.25, -0.2) is 0 Å². The first-order valence-electron chi connectivity index (χ1n) is 7.42. The number of anilines is 1. The number of carbonyl (C=O) groups excluding carboxylic acids is 2. The van der Waals surface area contributed by atoms with Crippen LogP contribution in [-0.4, -0.2) is 46.3 Å². The van der Waals surface area contributed by atoms with Crippen molar-refractivity contribution in [3.63, 3.8) is 0 Å². The molecule has 0 fully saturated rings. The Bertz CT molecular complexity index is 820. The van der Waals surface area contributed by atoms with Gasteiger partial charge in [0.1, 0.15) is 0 Å². The number of rotatable bonds is 5. The van der Waals surface area contributed by atoms with Gasteiger partial charge in [-0.3, -0.25) is 14.3 Å². The number of likely N-dealkylation sites (N-methyl/N-ethyl adjacent to an activating group) is 1. The number of hydrogen-bond acceptors (Lipinski definition) is 4. The second-order valence-corrected chi connectivity index (χ2v) is 6.32. The highest BCUT2D eigenvalue weighted by molar-refractivity contribution is 7.98. The van der Waals surface area contributed by atoms with Crippen molar-refractivity contribution < 1.29 is 22.8 Å². The molecule has 1 aromatic heterocycles. The normalized spacial score (nSPS) is 11.3. The third-order valence-corrected chi connectivity index (χ3v) is 4.23. The summed E-state index contributed by atoms with van der Waals surface area (Å²) < 4.78 is 39.9. The molecule has 2 amide bonds. The predicted octanol–water partition coefficient (Wildman–Crippen LogP) is 2.87. The Balaban J connectivity index is 2.11. The van der Waals surface area contributed by atoms with E-state index < -0.39 is 35.8 Å². The minimum absolute atomic E-state index is 0.395. The fraction of sp³-hybridized carbons (Fsp3) is 0.312. The second kappa shape index (κ2) is 7.81. The third kappa shape index (κ3) is 4.57. The number of alkyl halides is 3. The minimum Gasteiger partial charge on any atom is -0.332 e. The lowest BCUT2D eigenvalue weighted by molar-refractivity contribution is -0.141. The lowest BCUT2D eigenvalue weighted by Gasteiger charge is -2.17. The number of para-hydroxylation sites is 1. The van der Waals surface area contributed by atoms with Gasteiger partial charge < -0.3 is 10.2 Å². The van der Waals surface area contributed by atoms with Gasteiger partial charge >= 0.3 is 6.18 Å². The molecule has 1 heterocycles. The molecule has 0 saturated heterocycles. The Morgan fingerprint density at radius 2 is 1.96 bits per heavy atom. The van der Waals surface area contributed by atoms with E-state index in [4.69, 9.17) is 0 Å². The molecule has 0 radical (unpaired) electrons. The smallest absolute Gasteiger partial charge is 0.332 e. The van der Waals surface area contributed by atoms with Crippen LogP contribution < -0.4 is 5.32 Å². The number of aryl methyl sites for hydroxylation is 1. The van der Waals surface area contributed by atoms with Crippen LogP contribution in [0.25, 0.3) is 0 Å². The Morgan fingerprint density at radius 3 is 2.58 bits per heavy atom. The van der Waals surface area contributed by atoms with E-state index in [0.29, 0.717) is 5.69 Å². The average Bonchev–Trinajstić information content (AvgIpc) is 2.96. The van der Waals surface area contributed by atoms with E-state index in [1.807, 2.05) is 18.4 Å². The summed E-state index contributed by atoms with van der Waals surface area (Å²) in [6, 6.07) is 7.09. The van der Waals surface area contributed by atoms with Gasteiger partial charge in [0.05, 0.1) is 17.8 Å². The Morgan fingerprint density at radius 1 is 1.31 bits per heavy atom. The maximum absolute atomic E-state index is 13.0. The quantitative estimate of drug-likeness (QED) is 0.803. The number of amides is 2. The van der Waals surface area contributed by atoms with Crippen molar-refractivity contribution in [3.05, 3.63) is 41.7 Å². The van der Waals surface area contributed by atoms with Gasteiger partial charge in [0.25, 0.3) is 5.91 Å². The molecule has 0 atom stereocenters. The summed E-state index contributed by atoms with van der Waals surface area (Å²) in [5.41, 5.74) is -1.30. The zero-order valence-corrected chi connectivity index (χ0v) is 15.1. The SMILES string of the molecule is CSc1ccccc1NC(=O)CN(C)C(=O)c1cn(C)nc1C(F)(F)F. The highest BCUT2D eigenvalue weighted by Gasteiger charge is 2.39. The molecule has 0 unspecified atom stereocenters. The van der Waals surface area contributed by atoms with Crippen molar-refractivity contribution in [1.29, 1.82) is 0 Å².